The highest BCUT2D eigenvalue weighted by atomic mass is 28.3. The first-order chi connectivity index (χ1) is 7.07. The maximum atomic E-state index is 5.77. The number of hydrogen-bond acceptors (Lipinski definition) is 1. The Morgan fingerprint density at radius 3 is 2.33 bits per heavy atom. The molecule has 0 saturated heterocycles. The summed E-state index contributed by atoms with van der Waals surface area (Å²) in [5.74, 6) is 1.97. The van der Waals surface area contributed by atoms with Gasteiger partial charge in [-0.05, 0) is 24.1 Å². The van der Waals surface area contributed by atoms with Crippen LogP contribution in [0.4, 0.5) is 0 Å². The molecule has 0 aliphatic heterocycles. The first-order valence-corrected chi connectivity index (χ1v) is 9.66. The van der Waals surface area contributed by atoms with Crippen molar-refractivity contribution in [2.24, 2.45) is 0 Å². The first kappa shape index (κ1) is 11.0. The highest BCUT2D eigenvalue weighted by Crippen LogP contribution is 2.32. The maximum Gasteiger partial charge on any atom is 0.106 e. The van der Waals surface area contributed by atoms with Crippen molar-refractivity contribution in [3.05, 3.63) is 18.1 Å². The molecule has 0 atom stereocenters. The summed E-state index contributed by atoms with van der Waals surface area (Å²) in [6.45, 7) is 7.13. The van der Waals surface area contributed by atoms with Crippen molar-refractivity contribution < 1.29 is 4.42 Å². The first-order valence-electron chi connectivity index (χ1n) is 6.16. The topological polar surface area (TPSA) is 13.1 Å². The zero-order chi connectivity index (χ0) is 10.9. The zero-order valence-electron chi connectivity index (χ0n) is 10.2. The van der Waals surface area contributed by atoms with E-state index in [1.54, 1.807) is 0 Å². The van der Waals surface area contributed by atoms with Gasteiger partial charge in [0.2, 0.25) is 0 Å². The van der Waals surface area contributed by atoms with Crippen molar-refractivity contribution in [2.45, 2.75) is 57.7 Å². The van der Waals surface area contributed by atoms with Crippen LogP contribution in [0.1, 0.15) is 43.8 Å². The van der Waals surface area contributed by atoms with E-state index in [4.69, 9.17) is 4.42 Å². The summed E-state index contributed by atoms with van der Waals surface area (Å²) in [5.41, 5.74) is 0. The van der Waals surface area contributed by atoms with Gasteiger partial charge in [-0.3, -0.25) is 0 Å². The van der Waals surface area contributed by atoms with Crippen molar-refractivity contribution in [1.82, 2.24) is 0 Å². The summed E-state index contributed by atoms with van der Waals surface area (Å²) in [5, 5.41) is 1.48. The summed E-state index contributed by atoms with van der Waals surface area (Å²) in [7, 11) is -1.17. The molecule has 0 N–H and O–H groups in total. The van der Waals surface area contributed by atoms with Gasteiger partial charge in [0.25, 0.3) is 0 Å². The van der Waals surface area contributed by atoms with Crippen molar-refractivity contribution >= 4 is 13.3 Å². The average Bonchev–Trinajstić information content (AvgIpc) is 2.67. The average molecular weight is 222 g/mol. The molecule has 0 amide bonds. The molecule has 1 nitrogen and oxygen atoms in total. The fraction of sp³-hybridized carbons (Fsp3) is 0.692. The second-order valence-corrected chi connectivity index (χ2v) is 10.9. The molecule has 2 rings (SSSR count). The molecule has 1 aromatic heterocycles. The summed E-state index contributed by atoms with van der Waals surface area (Å²) in [6.07, 6.45) is 8.85. The Kier molecular flexibility index (Phi) is 3.05. The van der Waals surface area contributed by atoms with Gasteiger partial charge in [0.1, 0.15) is 5.76 Å². The molecule has 0 aromatic carbocycles. The third-order valence-corrected chi connectivity index (χ3v) is 5.49. The molecule has 0 unspecified atom stereocenters. The Morgan fingerprint density at radius 2 is 1.80 bits per heavy atom. The van der Waals surface area contributed by atoms with E-state index in [2.05, 4.69) is 25.7 Å². The minimum Gasteiger partial charge on any atom is -0.469 e. The minimum absolute atomic E-state index is 0.712. The molecule has 1 aliphatic carbocycles. The Labute approximate surface area is 93.9 Å². The van der Waals surface area contributed by atoms with Gasteiger partial charge in [-0.25, -0.2) is 0 Å². The van der Waals surface area contributed by atoms with E-state index in [1.165, 1.54) is 43.1 Å². The van der Waals surface area contributed by atoms with Crippen LogP contribution >= 0.6 is 0 Å². The summed E-state index contributed by atoms with van der Waals surface area (Å²) < 4.78 is 5.77. The van der Waals surface area contributed by atoms with Crippen molar-refractivity contribution in [2.75, 3.05) is 0 Å². The monoisotopic (exact) mass is 222 g/mol. The van der Waals surface area contributed by atoms with E-state index < -0.39 is 8.07 Å². The molecule has 1 aliphatic rings. The maximum absolute atomic E-state index is 5.77. The van der Waals surface area contributed by atoms with Gasteiger partial charge in [0, 0.05) is 5.92 Å². The predicted octanol–water partition coefficient (Wildman–Crippen LogP) is 3.87. The van der Waals surface area contributed by atoms with Crippen LogP contribution in [0.25, 0.3) is 0 Å². The second kappa shape index (κ2) is 4.16. The molecule has 0 radical (unpaired) electrons. The van der Waals surface area contributed by atoms with Crippen LogP contribution < -0.4 is 5.19 Å². The molecular formula is C13H22OSi. The standard InChI is InChI=1S/C13H22OSi/c1-15(2,3)12-9-13(14-10-12)11-7-5-4-6-8-11/h9-11H,4-8H2,1-3H3. The van der Waals surface area contributed by atoms with Crippen LogP contribution in [-0.4, -0.2) is 8.07 Å². The molecule has 0 spiro atoms. The van der Waals surface area contributed by atoms with E-state index >= 15 is 0 Å². The van der Waals surface area contributed by atoms with E-state index in [0.717, 1.165) is 0 Å². The molecule has 84 valence electrons. The molecule has 1 fully saturated rings. The number of rotatable bonds is 2. The Morgan fingerprint density at radius 1 is 1.13 bits per heavy atom. The molecular weight excluding hydrogens is 200 g/mol. The van der Waals surface area contributed by atoms with Gasteiger partial charge >= 0.3 is 0 Å². The second-order valence-electron chi connectivity index (χ2n) is 5.82. The van der Waals surface area contributed by atoms with E-state index in [-0.39, 0.29) is 0 Å². The lowest BCUT2D eigenvalue weighted by atomic mass is 9.88. The summed E-state index contributed by atoms with van der Waals surface area (Å²) in [4.78, 5) is 0. The largest absolute Gasteiger partial charge is 0.469 e. The van der Waals surface area contributed by atoms with Gasteiger partial charge in [-0.2, -0.15) is 0 Å². The Bertz CT molecular complexity index is 316. The van der Waals surface area contributed by atoms with Crippen molar-refractivity contribution in [3.63, 3.8) is 0 Å². The molecule has 0 bridgehead atoms. The lowest BCUT2D eigenvalue weighted by Crippen LogP contribution is -2.36. The Hall–Kier alpha value is -0.503. The van der Waals surface area contributed by atoms with Gasteiger partial charge < -0.3 is 4.42 Å². The summed E-state index contributed by atoms with van der Waals surface area (Å²) in [6, 6.07) is 2.34. The van der Waals surface area contributed by atoms with Crippen LogP contribution in [0.3, 0.4) is 0 Å². The van der Waals surface area contributed by atoms with Gasteiger partial charge in [0.05, 0.1) is 14.3 Å². The highest BCUT2D eigenvalue weighted by Gasteiger charge is 2.23. The Balaban J connectivity index is 2.12. The normalized spacial score (nSPS) is 19.4. The van der Waals surface area contributed by atoms with Crippen molar-refractivity contribution in [1.29, 1.82) is 0 Å². The van der Waals surface area contributed by atoms with Crippen LogP contribution in [0, 0.1) is 0 Å². The molecule has 1 aromatic rings. The third-order valence-electron chi connectivity index (χ3n) is 3.49. The van der Waals surface area contributed by atoms with Crippen LogP contribution in [0.2, 0.25) is 19.6 Å². The molecule has 1 heterocycles. The zero-order valence-corrected chi connectivity index (χ0v) is 11.2. The van der Waals surface area contributed by atoms with E-state index in [9.17, 15) is 0 Å². The smallest absolute Gasteiger partial charge is 0.106 e. The fourth-order valence-corrected chi connectivity index (χ4v) is 3.34. The minimum atomic E-state index is -1.17. The van der Waals surface area contributed by atoms with Gasteiger partial charge in [0.15, 0.2) is 0 Å². The number of furan rings is 1. The van der Waals surface area contributed by atoms with Crippen LogP contribution in [0.5, 0.6) is 0 Å². The molecule has 1 saturated carbocycles. The summed E-state index contributed by atoms with van der Waals surface area (Å²) >= 11 is 0. The SMILES string of the molecule is C[Si](C)(C)c1coc(C2CCCCC2)c1. The van der Waals surface area contributed by atoms with Gasteiger partial charge in [-0.15, -0.1) is 0 Å². The lowest BCUT2D eigenvalue weighted by Gasteiger charge is -2.19. The van der Waals surface area contributed by atoms with Crippen LogP contribution in [-0.2, 0) is 0 Å². The van der Waals surface area contributed by atoms with E-state index in [1.807, 2.05) is 6.26 Å². The third kappa shape index (κ3) is 2.54. The highest BCUT2D eigenvalue weighted by molar-refractivity contribution is 6.88. The molecule has 15 heavy (non-hydrogen) atoms. The van der Waals surface area contributed by atoms with Crippen LogP contribution in [0.15, 0.2) is 16.7 Å². The van der Waals surface area contributed by atoms with Gasteiger partial charge in [-0.1, -0.05) is 38.9 Å². The van der Waals surface area contributed by atoms with E-state index in [0.29, 0.717) is 5.92 Å². The quantitative estimate of drug-likeness (QED) is 0.692. The molecule has 2 heteroatoms. The number of hydrogen-bond donors (Lipinski definition) is 0. The predicted molar refractivity (Wildman–Crippen MR) is 67.5 cm³/mol. The lowest BCUT2D eigenvalue weighted by molar-refractivity contribution is 0.375. The fourth-order valence-electron chi connectivity index (χ4n) is 2.35. The van der Waals surface area contributed by atoms with Crippen molar-refractivity contribution in [3.8, 4) is 0 Å².